The molecule has 0 radical (unpaired) electrons. The van der Waals surface area contributed by atoms with Gasteiger partial charge >= 0.3 is 0 Å². The fourth-order valence-corrected chi connectivity index (χ4v) is 3.23. The van der Waals surface area contributed by atoms with E-state index in [1.165, 1.54) is 5.69 Å². The van der Waals surface area contributed by atoms with E-state index in [9.17, 15) is 0 Å². The predicted octanol–water partition coefficient (Wildman–Crippen LogP) is 2.84. The molecule has 0 aromatic carbocycles. The van der Waals surface area contributed by atoms with Gasteiger partial charge in [0, 0.05) is 37.8 Å². The Bertz CT molecular complexity index is 494. The van der Waals surface area contributed by atoms with Gasteiger partial charge in [-0.15, -0.1) is 0 Å². The standard InChI is InChI=1S/C15H27BrN4/c1-7-15(5)10-20(14(3,4)9-17-15)8-12-13(16)11(2)18-19(12)6/h17H,7-10H2,1-6H3. The molecule has 1 unspecified atom stereocenters. The molecule has 4 nitrogen and oxygen atoms in total. The minimum absolute atomic E-state index is 0.159. The summed E-state index contributed by atoms with van der Waals surface area (Å²) in [6, 6.07) is 0. The number of rotatable bonds is 3. The molecule has 1 N–H and O–H groups in total. The van der Waals surface area contributed by atoms with E-state index in [2.05, 4.69) is 58.9 Å². The third-order valence-corrected chi connectivity index (χ3v) is 5.76. The van der Waals surface area contributed by atoms with Gasteiger partial charge in [-0.05, 0) is 50.0 Å². The first-order chi connectivity index (χ1) is 9.18. The second kappa shape index (κ2) is 5.43. The number of halogens is 1. The smallest absolute Gasteiger partial charge is 0.0739 e. The fraction of sp³-hybridized carbons (Fsp3) is 0.800. The lowest BCUT2D eigenvalue weighted by Gasteiger charge is -2.50. The van der Waals surface area contributed by atoms with E-state index in [0.717, 1.165) is 36.2 Å². The van der Waals surface area contributed by atoms with Crippen molar-refractivity contribution in [3.63, 3.8) is 0 Å². The molecule has 2 heterocycles. The molecule has 114 valence electrons. The Balaban J connectivity index is 2.25. The Kier molecular flexibility index (Phi) is 4.34. The van der Waals surface area contributed by atoms with Crippen LogP contribution < -0.4 is 5.32 Å². The second-order valence-electron chi connectivity index (χ2n) is 6.91. The lowest BCUT2D eigenvalue weighted by Crippen LogP contribution is -2.66. The molecule has 1 atom stereocenters. The number of hydrogen-bond acceptors (Lipinski definition) is 3. The van der Waals surface area contributed by atoms with Crippen LogP contribution >= 0.6 is 15.9 Å². The van der Waals surface area contributed by atoms with E-state index in [-0.39, 0.29) is 11.1 Å². The van der Waals surface area contributed by atoms with Crippen LogP contribution in [0.15, 0.2) is 4.47 Å². The number of nitrogens with one attached hydrogen (secondary N) is 1. The summed E-state index contributed by atoms with van der Waals surface area (Å²) in [7, 11) is 2.03. The van der Waals surface area contributed by atoms with Gasteiger partial charge in [-0.3, -0.25) is 9.58 Å². The molecule has 5 heteroatoms. The van der Waals surface area contributed by atoms with Crippen LogP contribution in [0.3, 0.4) is 0 Å². The summed E-state index contributed by atoms with van der Waals surface area (Å²) in [5.74, 6) is 0. The van der Waals surface area contributed by atoms with Crippen LogP contribution in [0.1, 0.15) is 45.5 Å². The lowest BCUT2D eigenvalue weighted by atomic mass is 9.88. The first-order valence-electron chi connectivity index (χ1n) is 7.36. The molecule has 20 heavy (non-hydrogen) atoms. The summed E-state index contributed by atoms with van der Waals surface area (Å²) in [4.78, 5) is 2.58. The van der Waals surface area contributed by atoms with Crippen molar-refractivity contribution in [3.8, 4) is 0 Å². The topological polar surface area (TPSA) is 33.1 Å². The van der Waals surface area contributed by atoms with E-state index < -0.39 is 0 Å². The van der Waals surface area contributed by atoms with Crippen LogP contribution in [0.5, 0.6) is 0 Å². The summed E-state index contributed by atoms with van der Waals surface area (Å²) in [6.07, 6.45) is 1.14. The molecule has 1 saturated heterocycles. The molecule has 0 spiro atoms. The normalized spacial score (nSPS) is 26.9. The van der Waals surface area contributed by atoms with E-state index >= 15 is 0 Å². The zero-order valence-corrected chi connectivity index (χ0v) is 15.1. The summed E-state index contributed by atoms with van der Waals surface area (Å²) in [5.41, 5.74) is 2.69. The van der Waals surface area contributed by atoms with Crippen molar-refractivity contribution in [3.05, 3.63) is 15.9 Å². The number of hydrogen-bond donors (Lipinski definition) is 1. The first-order valence-corrected chi connectivity index (χ1v) is 8.16. The van der Waals surface area contributed by atoms with E-state index in [0.29, 0.717) is 0 Å². The zero-order valence-electron chi connectivity index (χ0n) is 13.5. The molecule has 0 bridgehead atoms. The van der Waals surface area contributed by atoms with Gasteiger partial charge in [0.05, 0.1) is 15.9 Å². The first kappa shape index (κ1) is 16.0. The molecule has 1 aromatic rings. The second-order valence-corrected chi connectivity index (χ2v) is 7.70. The Morgan fingerprint density at radius 2 is 2.00 bits per heavy atom. The average molecular weight is 343 g/mol. The maximum Gasteiger partial charge on any atom is 0.0739 e. The monoisotopic (exact) mass is 342 g/mol. The zero-order chi connectivity index (χ0) is 15.1. The molecule has 1 fully saturated rings. The Morgan fingerprint density at radius 3 is 2.50 bits per heavy atom. The van der Waals surface area contributed by atoms with Crippen molar-refractivity contribution in [2.75, 3.05) is 13.1 Å². The van der Waals surface area contributed by atoms with Crippen LogP contribution in [-0.2, 0) is 13.6 Å². The molecule has 0 aliphatic carbocycles. The Morgan fingerprint density at radius 1 is 1.35 bits per heavy atom. The third-order valence-electron chi connectivity index (χ3n) is 4.73. The van der Waals surface area contributed by atoms with Gasteiger partial charge in [0.2, 0.25) is 0 Å². The van der Waals surface area contributed by atoms with Crippen molar-refractivity contribution >= 4 is 15.9 Å². The highest BCUT2D eigenvalue weighted by Gasteiger charge is 2.39. The maximum absolute atomic E-state index is 4.51. The minimum atomic E-state index is 0.159. The predicted molar refractivity (Wildman–Crippen MR) is 86.8 cm³/mol. The van der Waals surface area contributed by atoms with Crippen molar-refractivity contribution in [1.29, 1.82) is 0 Å². The minimum Gasteiger partial charge on any atom is -0.308 e. The van der Waals surface area contributed by atoms with Crippen LogP contribution in [0.25, 0.3) is 0 Å². The van der Waals surface area contributed by atoms with E-state index in [1.807, 2.05) is 18.7 Å². The van der Waals surface area contributed by atoms with Crippen molar-refractivity contribution in [1.82, 2.24) is 20.0 Å². The van der Waals surface area contributed by atoms with Gasteiger partial charge in [0.1, 0.15) is 0 Å². The summed E-state index contributed by atoms with van der Waals surface area (Å²) in [6.45, 7) is 14.3. The Hall–Kier alpha value is -0.390. The number of piperazine rings is 1. The highest BCUT2D eigenvalue weighted by molar-refractivity contribution is 9.10. The molecule has 1 aliphatic heterocycles. The molecule has 0 saturated carbocycles. The van der Waals surface area contributed by atoms with Crippen molar-refractivity contribution in [2.24, 2.45) is 7.05 Å². The highest BCUT2D eigenvalue weighted by Crippen LogP contribution is 2.29. The van der Waals surface area contributed by atoms with Gasteiger partial charge in [-0.2, -0.15) is 5.10 Å². The third kappa shape index (κ3) is 2.95. The number of aromatic nitrogens is 2. The maximum atomic E-state index is 4.51. The summed E-state index contributed by atoms with van der Waals surface area (Å²) >= 11 is 3.69. The molecule has 1 aliphatic rings. The van der Waals surface area contributed by atoms with Gasteiger partial charge in [-0.1, -0.05) is 6.92 Å². The van der Waals surface area contributed by atoms with Gasteiger partial charge in [0.25, 0.3) is 0 Å². The fourth-order valence-electron chi connectivity index (χ4n) is 2.77. The van der Waals surface area contributed by atoms with Crippen LogP contribution in [0, 0.1) is 6.92 Å². The van der Waals surface area contributed by atoms with Gasteiger partial charge < -0.3 is 5.32 Å². The number of aryl methyl sites for hydroxylation is 2. The molecule has 2 rings (SSSR count). The van der Waals surface area contributed by atoms with Crippen molar-refractivity contribution in [2.45, 2.75) is 58.7 Å². The van der Waals surface area contributed by atoms with Gasteiger partial charge in [0.15, 0.2) is 0 Å². The highest BCUT2D eigenvalue weighted by atomic mass is 79.9. The van der Waals surface area contributed by atoms with E-state index in [4.69, 9.17) is 0 Å². The van der Waals surface area contributed by atoms with Crippen LogP contribution in [-0.4, -0.2) is 38.8 Å². The SMILES string of the molecule is CCC1(C)CN(Cc2c(Br)c(C)nn2C)C(C)(C)CN1. The van der Waals surface area contributed by atoms with Crippen molar-refractivity contribution < 1.29 is 0 Å². The molecular weight excluding hydrogens is 316 g/mol. The van der Waals surface area contributed by atoms with Crippen LogP contribution in [0.4, 0.5) is 0 Å². The Labute approximate surface area is 131 Å². The number of nitrogens with zero attached hydrogens (tertiary/aromatic N) is 3. The lowest BCUT2D eigenvalue weighted by molar-refractivity contribution is 0.0227. The largest absolute Gasteiger partial charge is 0.308 e. The van der Waals surface area contributed by atoms with Gasteiger partial charge in [-0.25, -0.2) is 0 Å². The summed E-state index contributed by atoms with van der Waals surface area (Å²) in [5, 5.41) is 8.22. The average Bonchev–Trinajstić information content (AvgIpc) is 2.61. The van der Waals surface area contributed by atoms with Crippen LogP contribution in [0.2, 0.25) is 0 Å². The molecular formula is C15H27BrN4. The molecule has 1 aromatic heterocycles. The van der Waals surface area contributed by atoms with E-state index in [1.54, 1.807) is 0 Å². The summed E-state index contributed by atoms with van der Waals surface area (Å²) < 4.78 is 3.15. The molecule has 0 amide bonds. The quantitative estimate of drug-likeness (QED) is 0.916.